The van der Waals surface area contributed by atoms with E-state index in [4.69, 9.17) is 11.6 Å². The Labute approximate surface area is 95.1 Å². The molecule has 0 aliphatic carbocycles. The quantitative estimate of drug-likeness (QED) is 0.741. The van der Waals surface area contributed by atoms with Gasteiger partial charge in [0.25, 0.3) is 0 Å². The van der Waals surface area contributed by atoms with E-state index in [9.17, 15) is 15.3 Å². The Morgan fingerprint density at radius 1 is 1.36 bits per heavy atom. The molecule has 0 aliphatic rings. The zero-order valence-corrected chi connectivity index (χ0v) is 9.53. The molecule has 2 atom stereocenters. The van der Waals surface area contributed by atoms with Crippen LogP contribution in [-0.4, -0.2) is 26.8 Å². The molecule has 2 unspecified atom stereocenters. The molecular formula is C9H10BrClO3. The van der Waals surface area contributed by atoms with E-state index in [1.54, 1.807) is 0 Å². The maximum atomic E-state index is 9.60. The van der Waals surface area contributed by atoms with Gasteiger partial charge in [0.05, 0.1) is 6.10 Å². The Kier molecular flexibility index (Phi) is 4.19. The van der Waals surface area contributed by atoms with Crippen LogP contribution in [0.5, 0.6) is 5.75 Å². The van der Waals surface area contributed by atoms with Crippen LogP contribution in [0.2, 0.25) is 5.02 Å². The Balaban J connectivity index is 2.99. The van der Waals surface area contributed by atoms with Crippen molar-refractivity contribution < 1.29 is 15.3 Å². The minimum absolute atomic E-state index is 0.0816. The lowest BCUT2D eigenvalue weighted by atomic mass is 10.0. The van der Waals surface area contributed by atoms with Gasteiger partial charge in [0.15, 0.2) is 0 Å². The van der Waals surface area contributed by atoms with Crippen molar-refractivity contribution in [1.82, 2.24) is 0 Å². The number of alkyl halides is 1. The minimum atomic E-state index is -1.15. The number of aromatic hydroxyl groups is 1. The van der Waals surface area contributed by atoms with E-state index in [0.717, 1.165) is 0 Å². The zero-order chi connectivity index (χ0) is 10.7. The molecule has 78 valence electrons. The summed E-state index contributed by atoms with van der Waals surface area (Å²) in [6.07, 6.45) is -2.12. The summed E-state index contributed by atoms with van der Waals surface area (Å²) in [5.74, 6) is -0.0816. The molecule has 1 aromatic carbocycles. The third-order valence-corrected chi connectivity index (χ3v) is 2.73. The smallest absolute Gasteiger partial charge is 0.121 e. The predicted octanol–water partition coefficient (Wildman–Crippen LogP) is 1.83. The fourth-order valence-corrected chi connectivity index (χ4v) is 1.59. The third kappa shape index (κ3) is 2.60. The molecule has 1 aromatic rings. The summed E-state index contributed by atoms with van der Waals surface area (Å²) in [7, 11) is 0. The van der Waals surface area contributed by atoms with Crippen LogP contribution in [0, 0.1) is 0 Å². The van der Waals surface area contributed by atoms with Crippen LogP contribution in [-0.2, 0) is 0 Å². The Morgan fingerprint density at radius 3 is 2.57 bits per heavy atom. The monoisotopic (exact) mass is 280 g/mol. The van der Waals surface area contributed by atoms with E-state index in [1.165, 1.54) is 18.2 Å². The van der Waals surface area contributed by atoms with E-state index in [0.29, 0.717) is 5.02 Å². The Hall–Kier alpha value is -0.290. The van der Waals surface area contributed by atoms with Crippen molar-refractivity contribution in [1.29, 1.82) is 0 Å². The molecule has 3 N–H and O–H groups in total. The van der Waals surface area contributed by atoms with Crippen molar-refractivity contribution in [3.8, 4) is 5.75 Å². The van der Waals surface area contributed by atoms with Gasteiger partial charge in [-0.3, -0.25) is 0 Å². The summed E-state index contributed by atoms with van der Waals surface area (Å²) in [6.45, 7) is 0. The van der Waals surface area contributed by atoms with Crippen LogP contribution in [0.15, 0.2) is 18.2 Å². The molecule has 0 aromatic heterocycles. The Bertz CT molecular complexity index is 319. The number of rotatable bonds is 3. The summed E-state index contributed by atoms with van der Waals surface area (Å²) in [5, 5.41) is 29.0. The number of hydrogen-bond acceptors (Lipinski definition) is 3. The molecule has 0 fully saturated rings. The molecule has 5 heteroatoms. The average Bonchev–Trinajstić information content (AvgIpc) is 2.19. The standard InChI is InChI=1S/C9H10BrClO3/c10-4-8(13)9(14)6-3-5(11)1-2-7(6)12/h1-3,8-9,12-14H,4H2. The SMILES string of the molecule is Oc1ccc(Cl)cc1C(O)C(O)CBr. The summed E-state index contributed by atoms with van der Waals surface area (Å²) < 4.78 is 0. The molecule has 0 amide bonds. The van der Waals surface area contributed by atoms with Crippen molar-refractivity contribution in [2.75, 3.05) is 5.33 Å². The first-order chi connectivity index (χ1) is 6.56. The number of halogens is 2. The predicted molar refractivity (Wildman–Crippen MR) is 57.9 cm³/mol. The zero-order valence-electron chi connectivity index (χ0n) is 7.19. The largest absolute Gasteiger partial charge is 0.508 e. The van der Waals surface area contributed by atoms with Gasteiger partial charge in [0.2, 0.25) is 0 Å². The van der Waals surface area contributed by atoms with Gasteiger partial charge in [-0.15, -0.1) is 0 Å². The lowest BCUT2D eigenvalue weighted by Gasteiger charge is -2.17. The normalized spacial score (nSPS) is 15.1. The number of phenols is 1. The lowest BCUT2D eigenvalue weighted by Crippen LogP contribution is -2.19. The molecule has 0 spiro atoms. The summed E-state index contributed by atoms with van der Waals surface area (Å²) in [5.41, 5.74) is 0.226. The van der Waals surface area contributed by atoms with Gasteiger partial charge < -0.3 is 15.3 Å². The van der Waals surface area contributed by atoms with Crippen molar-refractivity contribution in [2.45, 2.75) is 12.2 Å². The van der Waals surface area contributed by atoms with Crippen LogP contribution in [0.25, 0.3) is 0 Å². The molecular weight excluding hydrogens is 271 g/mol. The van der Waals surface area contributed by atoms with Gasteiger partial charge >= 0.3 is 0 Å². The number of hydrogen-bond donors (Lipinski definition) is 3. The van der Waals surface area contributed by atoms with Crippen molar-refractivity contribution in [3.63, 3.8) is 0 Å². The molecule has 0 aliphatic heterocycles. The number of phenolic OH excluding ortho intramolecular Hbond substituents is 1. The van der Waals surface area contributed by atoms with Crippen LogP contribution >= 0.6 is 27.5 Å². The van der Waals surface area contributed by atoms with Crippen molar-refractivity contribution in [2.24, 2.45) is 0 Å². The van der Waals surface area contributed by atoms with E-state index >= 15 is 0 Å². The van der Waals surface area contributed by atoms with Gasteiger partial charge in [0, 0.05) is 15.9 Å². The minimum Gasteiger partial charge on any atom is -0.508 e. The summed E-state index contributed by atoms with van der Waals surface area (Å²) >= 11 is 8.72. The van der Waals surface area contributed by atoms with Crippen LogP contribution < -0.4 is 0 Å². The first kappa shape index (κ1) is 11.8. The van der Waals surface area contributed by atoms with E-state index in [-0.39, 0.29) is 16.6 Å². The number of benzene rings is 1. The van der Waals surface area contributed by atoms with Gasteiger partial charge in [-0.2, -0.15) is 0 Å². The van der Waals surface area contributed by atoms with Crippen LogP contribution in [0.4, 0.5) is 0 Å². The maximum absolute atomic E-state index is 9.60. The fraction of sp³-hybridized carbons (Fsp3) is 0.333. The lowest BCUT2D eigenvalue weighted by molar-refractivity contribution is 0.0328. The van der Waals surface area contributed by atoms with Crippen LogP contribution in [0.3, 0.4) is 0 Å². The van der Waals surface area contributed by atoms with Crippen molar-refractivity contribution >= 4 is 27.5 Å². The van der Waals surface area contributed by atoms with Gasteiger partial charge in [-0.05, 0) is 18.2 Å². The first-order valence-electron chi connectivity index (χ1n) is 3.96. The average molecular weight is 282 g/mol. The molecule has 0 bridgehead atoms. The summed E-state index contributed by atoms with van der Waals surface area (Å²) in [6, 6.07) is 4.31. The van der Waals surface area contributed by atoms with E-state index in [2.05, 4.69) is 15.9 Å². The molecule has 0 radical (unpaired) electrons. The topological polar surface area (TPSA) is 60.7 Å². The number of aliphatic hydroxyl groups excluding tert-OH is 2. The third-order valence-electron chi connectivity index (χ3n) is 1.83. The first-order valence-corrected chi connectivity index (χ1v) is 5.46. The second-order valence-electron chi connectivity index (χ2n) is 2.87. The molecule has 3 nitrogen and oxygen atoms in total. The molecule has 1 rings (SSSR count). The maximum Gasteiger partial charge on any atom is 0.121 e. The van der Waals surface area contributed by atoms with E-state index in [1.807, 2.05) is 0 Å². The second kappa shape index (κ2) is 4.98. The van der Waals surface area contributed by atoms with Crippen molar-refractivity contribution in [3.05, 3.63) is 28.8 Å². The molecule has 14 heavy (non-hydrogen) atoms. The molecule has 0 saturated carbocycles. The highest BCUT2D eigenvalue weighted by Crippen LogP contribution is 2.29. The number of aliphatic hydroxyl groups is 2. The molecule has 0 saturated heterocycles. The van der Waals surface area contributed by atoms with Gasteiger partial charge in [-0.25, -0.2) is 0 Å². The molecule has 0 heterocycles. The van der Waals surface area contributed by atoms with Gasteiger partial charge in [0.1, 0.15) is 11.9 Å². The highest BCUT2D eigenvalue weighted by molar-refractivity contribution is 9.09. The highest BCUT2D eigenvalue weighted by atomic mass is 79.9. The van der Waals surface area contributed by atoms with E-state index < -0.39 is 12.2 Å². The second-order valence-corrected chi connectivity index (χ2v) is 3.95. The highest BCUT2D eigenvalue weighted by Gasteiger charge is 2.20. The Morgan fingerprint density at radius 2 is 2.00 bits per heavy atom. The van der Waals surface area contributed by atoms with Crippen LogP contribution in [0.1, 0.15) is 11.7 Å². The fourth-order valence-electron chi connectivity index (χ4n) is 1.05. The van der Waals surface area contributed by atoms with Gasteiger partial charge in [-0.1, -0.05) is 27.5 Å². The summed E-state index contributed by atoms with van der Waals surface area (Å²) in [4.78, 5) is 0.